The van der Waals surface area contributed by atoms with Gasteiger partial charge in [0.2, 0.25) is 10.0 Å². The van der Waals surface area contributed by atoms with Crippen LogP contribution in [0.3, 0.4) is 0 Å². The fourth-order valence-corrected chi connectivity index (χ4v) is 5.46. The Kier molecular flexibility index (Phi) is 5.78. The Morgan fingerprint density at radius 1 is 1.36 bits per heavy atom. The van der Waals surface area contributed by atoms with Crippen LogP contribution in [-0.4, -0.2) is 39.1 Å². The molecule has 25 heavy (non-hydrogen) atoms. The van der Waals surface area contributed by atoms with Crippen LogP contribution in [0, 0.1) is 6.92 Å². The lowest BCUT2D eigenvalue weighted by atomic mass is 10.2. The molecule has 1 aromatic carbocycles. The topological polar surface area (TPSA) is 55.8 Å². The summed E-state index contributed by atoms with van der Waals surface area (Å²) in [6.07, 6.45) is 1.82. The minimum atomic E-state index is -3.69. The fourth-order valence-electron chi connectivity index (χ4n) is 2.96. The molecule has 1 aliphatic heterocycles. The van der Waals surface area contributed by atoms with Crippen molar-refractivity contribution in [1.29, 1.82) is 0 Å². The highest BCUT2D eigenvalue weighted by Crippen LogP contribution is 2.30. The van der Waals surface area contributed by atoms with Crippen molar-refractivity contribution in [3.05, 3.63) is 46.2 Å². The molecule has 3 rings (SSSR count). The summed E-state index contributed by atoms with van der Waals surface area (Å²) in [7, 11) is -2.20. The highest BCUT2D eigenvalue weighted by molar-refractivity contribution is 7.89. The third kappa shape index (κ3) is 4.23. The second-order valence-corrected chi connectivity index (χ2v) is 9.10. The molecule has 0 unspecified atom stereocenters. The molecule has 136 valence electrons. The highest BCUT2D eigenvalue weighted by atomic mass is 32.2. The molecular weight excluding hydrogens is 358 g/mol. The molecule has 0 amide bonds. The van der Waals surface area contributed by atoms with Crippen LogP contribution in [0.4, 0.5) is 0 Å². The first-order valence-electron chi connectivity index (χ1n) is 8.29. The summed E-state index contributed by atoms with van der Waals surface area (Å²) >= 11 is 1.56. The summed E-state index contributed by atoms with van der Waals surface area (Å²) in [5.41, 5.74) is 0.882. The van der Waals surface area contributed by atoms with Gasteiger partial charge in [0.15, 0.2) is 0 Å². The molecule has 0 N–H and O–H groups in total. The van der Waals surface area contributed by atoms with Crippen molar-refractivity contribution in [2.45, 2.75) is 37.3 Å². The largest absolute Gasteiger partial charge is 0.495 e. The fraction of sp³-hybridized carbons (Fsp3) is 0.444. The van der Waals surface area contributed by atoms with Gasteiger partial charge in [0.05, 0.1) is 13.2 Å². The summed E-state index contributed by atoms with van der Waals surface area (Å²) < 4.78 is 39.3. The monoisotopic (exact) mass is 381 g/mol. The highest BCUT2D eigenvalue weighted by Gasteiger charge is 2.31. The molecule has 1 fully saturated rings. The van der Waals surface area contributed by atoms with Gasteiger partial charge < -0.3 is 9.47 Å². The molecule has 1 aromatic heterocycles. The van der Waals surface area contributed by atoms with Gasteiger partial charge in [-0.3, -0.25) is 0 Å². The lowest BCUT2D eigenvalue weighted by Crippen LogP contribution is -2.37. The van der Waals surface area contributed by atoms with Crippen molar-refractivity contribution >= 4 is 21.4 Å². The second-order valence-electron chi connectivity index (χ2n) is 6.17. The number of hydrogen-bond donors (Lipinski definition) is 0. The maximum absolute atomic E-state index is 13.4. The van der Waals surface area contributed by atoms with E-state index in [-0.39, 0.29) is 11.0 Å². The molecule has 0 bridgehead atoms. The average Bonchev–Trinajstić information content (AvgIpc) is 3.28. The van der Waals surface area contributed by atoms with Crippen LogP contribution in [0.1, 0.15) is 23.3 Å². The number of ether oxygens (including phenoxy) is 2. The van der Waals surface area contributed by atoms with E-state index < -0.39 is 10.0 Å². The molecule has 1 atom stereocenters. The average molecular weight is 382 g/mol. The molecule has 1 saturated heterocycles. The standard InChI is InChI=1S/C18H23NO4S2/c1-14-7-8-17(22-2)18(11-14)25(20,21)19(12-15-5-3-9-23-15)13-16-6-4-10-24-16/h4,6-8,10-11,15H,3,5,9,12-13H2,1-2H3/t15-/m0/s1. The zero-order valence-electron chi connectivity index (χ0n) is 14.5. The van der Waals surface area contributed by atoms with Crippen molar-refractivity contribution in [3.8, 4) is 5.75 Å². The molecule has 0 saturated carbocycles. The van der Waals surface area contributed by atoms with E-state index in [9.17, 15) is 8.42 Å². The smallest absolute Gasteiger partial charge is 0.247 e. The van der Waals surface area contributed by atoms with Crippen molar-refractivity contribution in [2.24, 2.45) is 0 Å². The van der Waals surface area contributed by atoms with Crippen LogP contribution in [0.15, 0.2) is 40.6 Å². The first-order valence-corrected chi connectivity index (χ1v) is 10.6. The van der Waals surface area contributed by atoms with Gasteiger partial charge in [0, 0.05) is 24.6 Å². The van der Waals surface area contributed by atoms with Gasteiger partial charge >= 0.3 is 0 Å². The number of rotatable bonds is 7. The second kappa shape index (κ2) is 7.86. The summed E-state index contributed by atoms with van der Waals surface area (Å²) in [6.45, 7) is 3.28. The number of nitrogens with zero attached hydrogens (tertiary/aromatic N) is 1. The van der Waals surface area contributed by atoms with Crippen LogP contribution in [0.25, 0.3) is 0 Å². The van der Waals surface area contributed by atoms with Gasteiger partial charge in [-0.25, -0.2) is 8.42 Å². The molecule has 1 aliphatic rings. The van der Waals surface area contributed by atoms with Crippen LogP contribution in [0.5, 0.6) is 5.75 Å². The Bertz CT molecular complexity index is 796. The Morgan fingerprint density at radius 2 is 2.20 bits per heavy atom. The Hall–Kier alpha value is -1.41. The maximum Gasteiger partial charge on any atom is 0.247 e. The molecule has 5 nitrogen and oxygen atoms in total. The van der Waals surface area contributed by atoms with E-state index in [0.717, 1.165) is 23.3 Å². The normalized spacial score (nSPS) is 18.0. The van der Waals surface area contributed by atoms with Crippen LogP contribution < -0.4 is 4.74 Å². The van der Waals surface area contributed by atoms with E-state index in [0.29, 0.717) is 25.4 Å². The summed E-state index contributed by atoms with van der Waals surface area (Å²) in [5, 5.41) is 1.96. The number of thiophene rings is 1. The Labute approximate surface area is 153 Å². The minimum Gasteiger partial charge on any atom is -0.495 e. The predicted molar refractivity (Wildman–Crippen MR) is 98.6 cm³/mol. The van der Waals surface area contributed by atoms with Crippen molar-refractivity contribution in [2.75, 3.05) is 20.3 Å². The van der Waals surface area contributed by atoms with E-state index in [4.69, 9.17) is 9.47 Å². The minimum absolute atomic E-state index is 0.0504. The van der Waals surface area contributed by atoms with Crippen LogP contribution in [-0.2, 0) is 21.3 Å². The zero-order valence-corrected chi connectivity index (χ0v) is 16.1. The van der Waals surface area contributed by atoms with Gasteiger partial charge in [0.1, 0.15) is 10.6 Å². The molecule has 7 heteroatoms. The quantitative estimate of drug-likeness (QED) is 0.737. The number of sulfonamides is 1. The molecule has 0 spiro atoms. The van der Waals surface area contributed by atoms with Crippen molar-refractivity contribution in [3.63, 3.8) is 0 Å². The molecule has 0 radical (unpaired) electrons. The summed E-state index contributed by atoms with van der Waals surface area (Å²) in [6, 6.07) is 9.12. The predicted octanol–water partition coefficient (Wildman–Crippen LogP) is 3.44. The van der Waals surface area contributed by atoms with Crippen molar-refractivity contribution < 1.29 is 17.9 Å². The first kappa shape index (κ1) is 18.4. The molecule has 2 aromatic rings. The molecule has 2 heterocycles. The SMILES string of the molecule is COc1ccc(C)cc1S(=O)(=O)N(Cc1cccs1)C[C@@H]1CCCO1. The molecule has 0 aliphatic carbocycles. The number of methoxy groups -OCH3 is 1. The third-order valence-corrected chi connectivity index (χ3v) is 6.97. The molecular formula is C18H23NO4S2. The van der Waals surface area contributed by atoms with Gasteiger partial charge in [-0.1, -0.05) is 12.1 Å². The van der Waals surface area contributed by atoms with E-state index in [2.05, 4.69) is 0 Å². The Balaban J connectivity index is 1.96. The first-order chi connectivity index (χ1) is 12.0. The lowest BCUT2D eigenvalue weighted by Gasteiger charge is -2.25. The lowest BCUT2D eigenvalue weighted by molar-refractivity contribution is 0.0927. The van der Waals surface area contributed by atoms with Crippen LogP contribution in [0.2, 0.25) is 0 Å². The number of benzene rings is 1. The maximum atomic E-state index is 13.4. The Morgan fingerprint density at radius 3 is 2.84 bits per heavy atom. The van der Waals surface area contributed by atoms with Gasteiger partial charge in [-0.15, -0.1) is 11.3 Å². The van der Waals surface area contributed by atoms with Gasteiger partial charge in [0.25, 0.3) is 0 Å². The van der Waals surface area contributed by atoms with E-state index in [1.54, 1.807) is 23.5 Å². The summed E-state index contributed by atoms with van der Waals surface area (Å²) in [5.74, 6) is 0.370. The van der Waals surface area contributed by atoms with Gasteiger partial charge in [-0.05, 0) is 48.9 Å². The zero-order chi connectivity index (χ0) is 17.9. The van der Waals surface area contributed by atoms with Gasteiger partial charge in [-0.2, -0.15) is 4.31 Å². The van der Waals surface area contributed by atoms with E-state index in [1.807, 2.05) is 30.5 Å². The van der Waals surface area contributed by atoms with E-state index in [1.165, 1.54) is 11.4 Å². The number of hydrogen-bond acceptors (Lipinski definition) is 5. The third-order valence-electron chi connectivity index (χ3n) is 4.28. The number of aryl methyl sites for hydroxylation is 1. The van der Waals surface area contributed by atoms with E-state index >= 15 is 0 Å². The summed E-state index contributed by atoms with van der Waals surface area (Å²) in [4.78, 5) is 1.22. The van der Waals surface area contributed by atoms with Crippen molar-refractivity contribution in [1.82, 2.24) is 4.31 Å². The van der Waals surface area contributed by atoms with Crippen LogP contribution >= 0.6 is 11.3 Å².